The molecule has 4 aromatic rings. The highest BCUT2D eigenvalue weighted by molar-refractivity contribution is 6.05. The van der Waals surface area contributed by atoms with Crippen LogP contribution in [0.4, 0.5) is 11.5 Å². The zero-order valence-corrected chi connectivity index (χ0v) is 18.2. The average molecular weight is 428 g/mol. The van der Waals surface area contributed by atoms with Gasteiger partial charge in [0.05, 0.1) is 17.4 Å². The van der Waals surface area contributed by atoms with Crippen molar-refractivity contribution in [1.82, 2.24) is 24.6 Å². The van der Waals surface area contributed by atoms with Crippen LogP contribution in [0.3, 0.4) is 0 Å². The number of aryl methyl sites for hydroxylation is 1. The molecule has 1 N–H and O–H groups in total. The lowest BCUT2D eigenvalue weighted by atomic mass is 10.1. The van der Waals surface area contributed by atoms with Gasteiger partial charge in [-0.2, -0.15) is 5.10 Å². The summed E-state index contributed by atoms with van der Waals surface area (Å²) in [4.78, 5) is 26.7. The van der Waals surface area contributed by atoms with Gasteiger partial charge >= 0.3 is 0 Å². The Morgan fingerprint density at radius 2 is 1.84 bits per heavy atom. The summed E-state index contributed by atoms with van der Waals surface area (Å²) in [6.07, 6.45) is 5.43. The van der Waals surface area contributed by atoms with Gasteiger partial charge in [0.2, 0.25) is 0 Å². The fraction of sp³-hybridized carbons (Fsp3) is 0.250. The molecule has 0 spiro atoms. The summed E-state index contributed by atoms with van der Waals surface area (Å²) in [7, 11) is 4.01. The lowest BCUT2D eigenvalue weighted by Gasteiger charge is -2.34. The number of piperazine rings is 1. The summed E-state index contributed by atoms with van der Waals surface area (Å²) in [6, 6.07) is 13.5. The number of fused-ring (bicyclic) bond motifs is 1. The number of hydrogen-bond acceptors (Lipinski definition) is 6. The fourth-order valence-electron chi connectivity index (χ4n) is 3.90. The van der Waals surface area contributed by atoms with Crippen LogP contribution in [0.15, 0.2) is 61.1 Å². The molecule has 1 saturated heterocycles. The first-order valence-electron chi connectivity index (χ1n) is 10.7. The summed E-state index contributed by atoms with van der Waals surface area (Å²) in [5.41, 5.74) is 4.22. The van der Waals surface area contributed by atoms with Crippen molar-refractivity contribution in [2.45, 2.75) is 0 Å². The molecule has 1 fully saturated rings. The van der Waals surface area contributed by atoms with Gasteiger partial charge in [-0.05, 0) is 37.4 Å². The molecule has 8 heteroatoms. The second-order valence-corrected chi connectivity index (χ2v) is 8.16. The van der Waals surface area contributed by atoms with Crippen molar-refractivity contribution < 1.29 is 4.79 Å². The van der Waals surface area contributed by atoms with Crippen molar-refractivity contribution in [3.05, 3.63) is 66.6 Å². The Kier molecular flexibility index (Phi) is 5.28. The van der Waals surface area contributed by atoms with Gasteiger partial charge in [-0.1, -0.05) is 6.07 Å². The van der Waals surface area contributed by atoms with Crippen LogP contribution in [0.1, 0.15) is 10.4 Å². The first-order valence-corrected chi connectivity index (χ1v) is 10.7. The second kappa shape index (κ2) is 8.39. The van der Waals surface area contributed by atoms with Crippen LogP contribution in [0.5, 0.6) is 0 Å². The van der Waals surface area contributed by atoms with Crippen LogP contribution in [-0.4, -0.2) is 63.8 Å². The molecule has 8 nitrogen and oxygen atoms in total. The molecule has 162 valence electrons. The Labute approximate surface area is 186 Å². The van der Waals surface area contributed by atoms with E-state index in [-0.39, 0.29) is 5.91 Å². The molecule has 32 heavy (non-hydrogen) atoms. The second-order valence-electron chi connectivity index (χ2n) is 8.16. The van der Waals surface area contributed by atoms with Gasteiger partial charge in [-0.25, -0.2) is 9.97 Å². The van der Waals surface area contributed by atoms with Crippen molar-refractivity contribution in [3.63, 3.8) is 0 Å². The Balaban J connectivity index is 1.36. The van der Waals surface area contributed by atoms with E-state index in [1.807, 2.05) is 43.6 Å². The number of amides is 1. The third-order valence-corrected chi connectivity index (χ3v) is 5.79. The van der Waals surface area contributed by atoms with E-state index < -0.39 is 0 Å². The van der Waals surface area contributed by atoms with Crippen molar-refractivity contribution in [3.8, 4) is 11.3 Å². The van der Waals surface area contributed by atoms with E-state index in [1.54, 1.807) is 23.1 Å². The molecule has 0 atom stereocenters. The van der Waals surface area contributed by atoms with Gasteiger partial charge in [-0.15, -0.1) is 0 Å². The van der Waals surface area contributed by atoms with Gasteiger partial charge in [0.25, 0.3) is 5.91 Å². The molecular formula is C24H25N7O. The normalized spacial score (nSPS) is 14.6. The predicted molar refractivity (Wildman–Crippen MR) is 126 cm³/mol. The number of carbonyl (C=O) groups excluding carboxylic acids is 1. The van der Waals surface area contributed by atoms with E-state index in [9.17, 15) is 4.79 Å². The molecule has 0 saturated carbocycles. The topological polar surface area (TPSA) is 79.2 Å². The molecule has 1 amide bonds. The number of pyridine rings is 2. The lowest BCUT2D eigenvalue weighted by molar-refractivity contribution is 0.102. The van der Waals surface area contributed by atoms with Crippen molar-refractivity contribution >= 4 is 28.3 Å². The van der Waals surface area contributed by atoms with Crippen LogP contribution in [0, 0.1) is 0 Å². The molecule has 1 aliphatic rings. The summed E-state index contributed by atoms with van der Waals surface area (Å²) in [6.45, 7) is 3.95. The van der Waals surface area contributed by atoms with Crippen LogP contribution in [0.2, 0.25) is 0 Å². The van der Waals surface area contributed by atoms with E-state index in [1.165, 1.54) is 0 Å². The van der Waals surface area contributed by atoms with Gasteiger partial charge < -0.3 is 15.1 Å². The molecular weight excluding hydrogens is 402 g/mol. The van der Waals surface area contributed by atoms with Gasteiger partial charge in [-0.3, -0.25) is 9.48 Å². The highest BCUT2D eigenvalue weighted by Gasteiger charge is 2.16. The third kappa shape index (κ3) is 4.17. The zero-order valence-electron chi connectivity index (χ0n) is 18.2. The van der Waals surface area contributed by atoms with E-state index in [0.29, 0.717) is 11.4 Å². The molecule has 1 aliphatic heterocycles. The van der Waals surface area contributed by atoms with Crippen LogP contribution in [-0.2, 0) is 7.05 Å². The number of anilines is 2. The van der Waals surface area contributed by atoms with Crippen LogP contribution >= 0.6 is 0 Å². The van der Waals surface area contributed by atoms with Gasteiger partial charge in [0.1, 0.15) is 5.82 Å². The molecule has 0 radical (unpaired) electrons. The first-order chi connectivity index (χ1) is 15.5. The number of nitrogens with one attached hydrogen (secondary N) is 1. The summed E-state index contributed by atoms with van der Waals surface area (Å²) >= 11 is 0. The van der Waals surface area contributed by atoms with Crippen molar-refractivity contribution in [2.75, 3.05) is 43.4 Å². The predicted octanol–water partition coefficient (Wildman–Crippen LogP) is 3.03. The SMILES string of the molecule is CN1CCN(c2cccc(C(=O)Nc3cc4nc(-c5cnn(C)c5)ccc4cn3)c2)CC1. The minimum Gasteiger partial charge on any atom is -0.369 e. The number of hydrogen-bond donors (Lipinski definition) is 1. The minimum atomic E-state index is -0.184. The van der Waals surface area contributed by atoms with E-state index in [2.05, 4.69) is 38.3 Å². The molecule has 3 aromatic heterocycles. The summed E-state index contributed by atoms with van der Waals surface area (Å²) in [5, 5.41) is 8.04. The largest absolute Gasteiger partial charge is 0.369 e. The maximum absolute atomic E-state index is 12.9. The number of carbonyl (C=O) groups is 1. The number of likely N-dealkylation sites (N-methyl/N-ethyl adjacent to an activating group) is 1. The third-order valence-electron chi connectivity index (χ3n) is 5.79. The Hall–Kier alpha value is -3.78. The van der Waals surface area contributed by atoms with Gasteiger partial charge in [0, 0.05) is 73.9 Å². The van der Waals surface area contributed by atoms with Gasteiger partial charge in [0.15, 0.2) is 0 Å². The number of aromatic nitrogens is 4. The zero-order chi connectivity index (χ0) is 22.1. The molecule has 0 unspecified atom stereocenters. The smallest absolute Gasteiger partial charge is 0.256 e. The maximum atomic E-state index is 12.9. The molecule has 5 rings (SSSR count). The molecule has 0 bridgehead atoms. The van der Waals surface area contributed by atoms with E-state index >= 15 is 0 Å². The highest BCUT2D eigenvalue weighted by Crippen LogP contribution is 2.23. The Morgan fingerprint density at radius 3 is 2.62 bits per heavy atom. The van der Waals surface area contributed by atoms with Crippen LogP contribution in [0.25, 0.3) is 22.2 Å². The van der Waals surface area contributed by atoms with E-state index in [0.717, 1.165) is 54.0 Å². The minimum absolute atomic E-state index is 0.184. The van der Waals surface area contributed by atoms with Crippen LogP contribution < -0.4 is 10.2 Å². The maximum Gasteiger partial charge on any atom is 0.256 e. The number of rotatable bonds is 4. The highest BCUT2D eigenvalue weighted by atomic mass is 16.1. The standard InChI is InChI=1S/C24H25N7O/c1-29-8-10-31(11-9-29)20-5-3-4-17(12-20)24(32)28-23-13-22-18(14-25-23)6-7-21(27-22)19-15-26-30(2)16-19/h3-7,12-16H,8-11H2,1-2H3,(H,25,28,32). The summed E-state index contributed by atoms with van der Waals surface area (Å²) in [5.74, 6) is 0.291. The lowest BCUT2D eigenvalue weighted by Crippen LogP contribution is -2.44. The monoisotopic (exact) mass is 427 g/mol. The molecule has 0 aliphatic carbocycles. The Bertz CT molecular complexity index is 1270. The van der Waals surface area contributed by atoms with E-state index in [4.69, 9.17) is 4.98 Å². The Morgan fingerprint density at radius 1 is 1.00 bits per heavy atom. The number of nitrogens with zero attached hydrogens (tertiary/aromatic N) is 6. The molecule has 4 heterocycles. The average Bonchev–Trinajstić information content (AvgIpc) is 3.25. The van der Waals surface area contributed by atoms with Crippen molar-refractivity contribution in [1.29, 1.82) is 0 Å². The number of benzene rings is 1. The fourth-order valence-corrected chi connectivity index (χ4v) is 3.90. The molecule has 1 aromatic carbocycles. The summed E-state index contributed by atoms with van der Waals surface area (Å²) < 4.78 is 1.75. The van der Waals surface area contributed by atoms with Crippen molar-refractivity contribution in [2.24, 2.45) is 7.05 Å². The first kappa shape index (κ1) is 20.1. The quantitative estimate of drug-likeness (QED) is 0.539.